The number of amides is 1. The molecular weight excluding hydrogens is 398 g/mol. The number of rotatable bonds is 5. The van der Waals surface area contributed by atoms with Gasteiger partial charge in [0.2, 0.25) is 10.0 Å². The van der Waals surface area contributed by atoms with Crippen LogP contribution in [0.25, 0.3) is 0 Å². The van der Waals surface area contributed by atoms with Gasteiger partial charge in [-0.05, 0) is 23.8 Å². The third kappa shape index (κ3) is 4.84. The van der Waals surface area contributed by atoms with Gasteiger partial charge in [-0.2, -0.15) is 0 Å². The molecule has 3 rings (SSSR count). The summed E-state index contributed by atoms with van der Waals surface area (Å²) in [4.78, 5) is 17.0. The second kappa shape index (κ2) is 8.51. The van der Waals surface area contributed by atoms with Crippen molar-refractivity contribution in [1.29, 1.82) is 0 Å². The molecule has 1 heterocycles. The lowest BCUT2D eigenvalue weighted by Gasteiger charge is -2.35. The van der Waals surface area contributed by atoms with E-state index in [2.05, 4.69) is 17.0 Å². The zero-order chi connectivity index (χ0) is 20.3. The molecule has 0 spiro atoms. The molecule has 0 saturated carbocycles. The van der Waals surface area contributed by atoms with Gasteiger partial charge in [-0.3, -0.25) is 14.0 Å². The third-order valence-corrected chi connectivity index (χ3v) is 6.47. The molecule has 0 radical (unpaired) electrons. The fourth-order valence-electron chi connectivity index (χ4n) is 3.19. The largest absolute Gasteiger partial charge is 0.336 e. The Balaban J connectivity index is 1.63. The fourth-order valence-corrected chi connectivity index (χ4v) is 3.94. The van der Waals surface area contributed by atoms with E-state index >= 15 is 0 Å². The fraction of sp³-hybridized carbons (Fsp3) is 0.350. The van der Waals surface area contributed by atoms with E-state index in [1.165, 1.54) is 18.7 Å². The number of halogens is 1. The van der Waals surface area contributed by atoms with E-state index < -0.39 is 10.0 Å². The van der Waals surface area contributed by atoms with Crippen LogP contribution in [0.3, 0.4) is 0 Å². The number of anilines is 1. The molecule has 28 heavy (non-hydrogen) atoms. The summed E-state index contributed by atoms with van der Waals surface area (Å²) in [6, 6.07) is 15.0. The molecule has 1 aliphatic rings. The average molecular weight is 422 g/mol. The molecule has 0 N–H and O–H groups in total. The lowest BCUT2D eigenvalue weighted by Crippen LogP contribution is -2.48. The molecule has 6 nitrogen and oxygen atoms in total. The number of carbonyl (C=O) groups is 1. The standard InChI is InChI=1S/C20H24ClN3O3S/c1-22(28(2,26)27)17-8-9-18(19(21)14-17)20(25)24-12-10-23(11-13-24)15-16-6-4-3-5-7-16/h3-9,14H,10-13,15H2,1-2H3. The van der Waals surface area contributed by atoms with E-state index in [4.69, 9.17) is 11.6 Å². The van der Waals surface area contributed by atoms with Crippen molar-refractivity contribution in [2.75, 3.05) is 43.8 Å². The molecule has 0 bridgehead atoms. The second-order valence-electron chi connectivity index (χ2n) is 6.95. The third-order valence-electron chi connectivity index (χ3n) is 4.95. The van der Waals surface area contributed by atoms with Crippen LogP contribution in [0.1, 0.15) is 15.9 Å². The molecule has 0 unspecified atom stereocenters. The number of benzene rings is 2. The number of hydrogen-bond acceptors (Lipinski definition) is 4. The van der Waals surface area contributed by atoms with Gasteiger partial charge < -0.3 is 4.90 Å². The summed E-state index contributed by atoms with van der Waals surface area (Å²) in [5, 5.41) is 0.254. The molecule has 150 valence electrons. The Bertz CT molecular complexity index is 942. The van der Waals surface area contributed by atoms with E-state index in [1.807, 2.05) is 18.2 Å². The summed E-state index contributed by atoms with van der Waals surface area (Å²) < 4.78 is 24.5. The van der Waals surface area contributed by atoms with Crippen LogP contribution in [0, 0.1) is 0 Å². The van der Waals surface area contributed by atoms with Gasteiger partial charge in [-0.15, -0.1) is 0 Å². The van der Waals surface area contributed by atoms with Crippen molar-refractivity contribution < 1.29 is 13.2 Å². The Morgan fingerprint density at radius 2 is 1.71 bits per heavy atom. The van der Waals surface area contributed by atoms with Crippen molar-refractivity contribution in [2.24, 2.45) is 0 Å². The van der Waals surface area contributed by atoms with Crippen molar-refractivity contribution in [3.63, 3.8) is 0 Å². The highest BCUT2D eigenvalue weighted by Crippen LogP contribution is 2.26. The summed E-state index contributed by atoms with van der Waals surface area (Å²) in [5.74, 6) is -0.127. The number of nitrogens with zero attached hydrogens (tertiary/aromatic N) is 3. The monoisotopic (exact) mass is 421 g/mol. The predicted molar refractivity (Wildman–Crippen MR) is 112 cm³/mol. The molecule has 1 aliphatic heterocycles. The van der Waals surface area contributed by atoms with Crippen LogP contribution < -0.4 is 4.31 Å². The molecule has 1 amide bonds. The Kier molecular flexibility index (Phi) is 6.27. The number of carbonyl (C=O) groups excluding carboxylic acids is 1. The van der Waals surface area contributed by atoms with Gasteiger partial charge in [0.25, 0.3) is 5.91 Å². The molecular formula is C20H24ClN3O3S. The Hall–Kier alpha value is -2.09. The van der Waals surface area contributed by atoms with E-state index in [9.17, 15) is 13.2 Å². The smallest absolute Gasteiger partial charge is 0.255 e. The number of hydrogen-bond donors (Lipinski definition) is 0. The normalized spacial score (nSPS) is 15.5. The van der Waals surface area contributed by atoms with Gasteiger partial charge >= 0.3 is 0 Å². The molecule has 2 aromatic carbocycles. The highest BCUT2D eigenvalue weighted by atomic mass is 35.5. The number of sulfonamides is 1. The first-order valence-electron chi connectivity index (χ1n) is 9.05. The summed E-state index contributed by atoms with van der Waals surface area (Å²) in [5.41, 5.74) is 2.08. The van der Waals surface area contributed by atoms with Crippen molar-refractivity contribution in [3.05, 3.63) is 64.7 Å². The quantitative estimate of drug-likeness (QED) is 0.744. The highest BCUT2D eigenvalue weighted by molar-refractivity contribution is 7.92. The van der Waals surface area contributed by atoms with E-state index in [-0.39, 0.29) is 10.9 Å². The van der Waals surface area contributed by atoms with Gasteiger partial charge in [-0.25, -0.2) is 8.42 Å². The minimum absolute atomic E-state index is 0.127. The molecule has 8 heteroatoms. The first kappa shape index (κ1) is 20.6. The van der Waals surface area contributed by atoms with Crippen LogP contribution in [0.15, 0.2) is 48.5 Å². The lowest BCUT2D eigenvalue weighted by atomic mass is 10.1. The molecule has 1 fully saturated rings. The molecule has 2 aromatic rings. The molecule has 0 aliphatic carbocycles. The van der Waals surface area contributed by atoms with Gasteiger partial charge in [0, 0.05) is 39.8 Å². The maximum Gasteiger partial charge on any atom is 0.255 e. The van der Waals surface area contributed by atoms with Crippen LogP contribution in [-0.2, 0) is 16.6 Å². The van der Waals surface area contributed by atoms with Crippen molar-refractivity contribution in [1.82, 2.24) is 9.80 Å². The summed E-state index contributed by atoms with van der Waals surface area (Å²) in [6.07, 6.45) is 1.12. The van der Waals surface area contributed by atoms with E-state index in [0.29, 0.717) is 24.3 Å². The van der Waals surface area contributed by atoms with Crippen LogP contribution >= 0.6 is 11.6 Å². The van der Waals surface area contributed by atoms with Crippen molar-refractivity contribution in [3.8, 4) is 0 Å². The minimum atomic E-state index is -3.38. The SMILES string of the molecule is CN(c1ccc(C(=O)N2CCN(Cc3ccccc3)CC2)c(Cl)c1)S(C)(=O)=O. The van der Waals surface area contributed by atoms with E-state index in [0.717, 1.165) is 30.2 Å². The Morgan fingerprint density at radius 3 is 2.29 bits per heavy atom. The second-order valence-corrected chi connectivity index (χ2v) is 9.37. The van der Waals surface area contributed by atoms with Crippen LogP contribution in [0.4, 0.5) is 5.69 Å². The van der Waals surface area contributed by atoms with E-state index in [1.54, 1.807) is 17.0 Å². The zero-order valence-corrected chi connectivity index (χ0v) is 17.6. The predicted octanol–water partition coefficient (Wildman–Crippen LogP) is 2.69. The lowest BCUT2D eigenvalue weighted by molar-refractivity contribution is 0.0628. The Morgan fingerprint density at radius 1 is 1.07 bits per heavy atom. The topological polar surface area (TPSA) is 60.9 Å². The average Bonchev–Trinajstić information content (AvgIpc) is 2.67. The highest BCUT2D eigenvalue weighted by Gasteiger charge is 2.24. The van der Waals surface area contributed by atoms with Crippen molar-refractivity contribution in [2.45, 2.75) is 6.54 Å². The van der Waals surface area contributed by atoms with Crippen LogP contribution in [0.5, 0.6) is 0 Å². The van der Waals surface area contributed by atoms with Crippen LogP contribution in [0.2, 0.25) is 5.02 Å². The first-order valence-corrected chi connectivity index (χ1v) is 11.3. The van der Waals surface area contributed by atoms with Gasteiger partial charge in [0.1, 0.15) is 0 Å². The van der Waals surface area contributed by atoms with Gasteiger partial charge in [0.05, 0.1) is 22.5 Å². The maximum atomic E-state index is 12.9. The summed E-state index contributed by atoms with van der Waals surface area (Å²) >= 11 is 6.29. The van der Waals surface area contributed by atoms with Crippen LogP contribution in [-0.4, -0.2) is 63.6 Å². The first-order chi connectivity index (χ1) is 13.3. The van der Waals surface area contributed by atoms with Gasteiger partial charge in [0.15, 0.2) is 0 Å². The maximum absolute atomic E-state index is 12.9. The minimum Gasteiger partial charge on any atom is -0.336 e. The zero-order valence-electron chi connectivity index (χ0n) is 16.0. The summed E-state index contributed by atoms with van der Waals surface area (Å²) in [6.45, 7) is 3.73. The molecule has 0 aromatic heterocycles. The van der Waals surface area contributed by atoms with Gasteiger partial charge in [-0.1, -0.05) is 41.9 Å². The molecule has 0 atom stereocenters. The number of piperazine rings is 1. The van der Waals surface area contributed by atoms with Crippen molar-refractivity contribution >= 4 is 33.2 Å². The Labute approximate surface area is 171 Å². The molecule has 1 saturated heterocycles. The summed E-state index contributed by atoms with van der Waals surface area (Å²) in [7, 11) is -1.93.